The Labute approximate surface area is 135 Å². The number of ether oxygens (including phenoxy) is 1. The van der Waals surface area contributed by atoms with Crippen molar-refractivity contribution in [2.24, 2.45) is 0 Å². The molecule has 4 heteroatoms. The number of hydrogen-bond donors (Lipinski definition) is 1. The Morgan fingerprint density at radius 3 is 2.70 bits per heavy atom. The summed E-state index contributed by atoms with van der Waals surface area (Å²) in [4.78, 5) is 11.9. The van der Waals surface area contributed by atoms with Crippen LogP contribution >= 0.6 is 0 Å². The van der Waals surface area contributed by atoms with Gasteiger partial charge in [0, 0.05) is 0 Å². The summed E-state index contributed by atoms with van der Waals surface area (Å²) >= 11 is 0. The van der Waals surface area contributed by atoms with Gasteiger partial charge in [-0.2, -0.15) is 0 Å². The van der Waals surface area contributed by atoms with Crippen molar-refractivity contribution in [2.75, 3.05) is 6.61 Å². The normalized spacial score (nSPS) is 11.5. The highest BCUT2D eigenvalue weighted by molar-refractivity contribution is 5.84. The molecule has 2 rings (SSSR count). The molecule has 0 unspecified atom stereocenters. The van der Waals surface area contributed by atoms with Gasteiger partial charge in [-0.15, -0.1) is 0 Å². The minimum absolute atomic E-state index is 0.142. The maximum Gasteiger partial charge on any atom is 0.383 e. The molecule has 4 nitrogen and oxygen atoms in total. The number of fused-ring (bicyclic) bond motifs is 1. The van der Waals surface area contributed by atoms with E-state index in [0.717, 1.165) is 12.8 Å². The molecule has 0 saturated carbocycles. The maximum absolute atomic E-state index is 11.9. The zero-order valence-electron chi connectivity index (χ0n) is 13.8. The number of para-hydroxylation sites is 1. The van der Waals surface area contributed by atoms with E-state index in [1.165, 1.54) is 11.1 Å². The van der Waals surface area contributed by atoms with Gasteiger partial charge in [-0.1, -0.05) is 29.4 Å². The fraction of sp³-hybridized carbons (Fsp3) is 0.316. The molecular formula is C19H22O4. The lowest BCUT2D eigenvalue weighted by Gasteiger charge is -2.07. The highest BCUT2D eigenvalue weighted by Gasteiger charge is 2.14. The van der Waals surface area contributed by atoms with E-state index in [2.05, 4.69) is 19.9 Å². The zero-order valence-corrected chi connectivity index (χ0v) is 13.8. The Kier molecular flexibility index (Phi) is 5.63. The van der Waals surface area contributed by atoms with Gasteiger partial charge in [0.05, 0.1) is 5.39 Å². The molecule has 1 heterocycles. The Balaban J connectivity index is 2.08. The summed E-state index contributed by atoms with van der Waals surface area (Å²) in [5.41, 5.74) is 2.15. The third-order valence-electron chi connectivity index (χ3n) is 3.50. The van der Waals surface area contributed by atoms with Crippen LogP contribution in [0.2, 0.25) is 0 Å². The monoisotopic (exact) mass is 314 g/mol. The number of aromatic hydroxyl groups is 1. The summed E-state index contributed by atoms with van der Waals surface area (Å²) in [5.74, 6) is -0.315. The highest BCUT2D eigenvalue weighted by Crippen LogP contribution is 2.30. The van der Waals surface area contributed by atoms with Crippen molar-refractivity contribution in [1.29, 1.82) is 0 Å². The first-order chi connectivity index (χ1) is 11.0. The molecular weight excluding hydrogens is 292 g/mol. The van der Waals surface area contributed by atoms with E-state index in [1.54, 1.807) is 24.3 Å². The first-order valence-corrected chi connectivity index (χ1v) is 7.65. The molecule has 0 aliphatic carbocycles. The van der Waals surface area contributed by atoms with Gasteiger partial charge in [0.2, 0.25) is 5.75 Å². The third kappa shape index (κ3) is 4.49. The molecule has 0 aliphatic heterocycles. The summed E-state index contributed by atoms with van der Waals surface area (Å²) in [6, 6.07) is 6.82. The van der Waals surface area contributed by atoms with Crippen LogP contribution in [0.1, 0.15) is 33.6 Å². The Morgan fingerprint density at radius 2 is 1.96 bits per heavy atom. The van der Waals surface area contributed by atoms with Gasteiger partial charge in [-0.25, -0.2) is 4.79 Å². The lowest BCUT2D eigenvalue weighted by atomic mass is 10.1. The molecule has 0 fully saturated rings. The van der Waals surface area contributed by atoms with Crippen molar-refractivity contribution in [3.63, 3.8) is 0 Å². The smallest absolute Gasteiger partial charge is 0.383 e. The second-order valence-electron chi connectivity index (χ2n) is 5.75. The number of allylic oxidation sites excluding steroid dienone is 3. The quantitative estimate of drug-likeness (QED) is 0.627. The van der Waals surface area contributed by atoms with Gasteiger partial charge >= 0.3 is 5.63 Å². The standard InChI is InChI=1S/C19H22O4/c1-13(2)7-6-8-14(3)11-12-22-18-17(20)15-9-4-5-10-16(15)23-19(18)21/h4-5,7,9-11,20H,6,8,12H2,1-3H3/b14-11+. The summed E-state index contributed by atoms with van der Waals surface area (Å²) in [7, 11) is 0. The molecule has 0 spiro atoms. The van der Waals surface area contributed by atoms with E-state index < -0.39 is 5.63 Å². The summed E-state index contributed by atoms with van der Waals surface area (Å²) < 4.78 is 10.6. The molecule has 122 valence electrons. The topological polar surface area (TPSA) is 59.7 Å². The Hall–Kier alpha value is -2.49. The van der Waals surface area contributed by atoms with Crippen molar-refractivity contribution < 1.29 is 14.3 Å². The van der Waals surface area contributed by atoms with E-state index >= 15 is 0 Å². The van der Waals surface area contributed by atoms with Gasteiger partial charge < -0.3 is 14.3 Å². The second-order valence-corrected chi connectivity index (χ2v) is 5.75. The SMILES string of the molecule is CC(C)=CCC/C(C)=C/COc1c(O)c2ccccc2oc1=O. The van der Waals surface area contributed by atoms with Crippen LogP contribution in [-0.4, -0.2) is 11.7 Å². The first-order valence-electron chi connectivity index (χ1n) is 7.65. The molecule has 2 aromatic rings. The largest absolute Gasteiger partial charge is 0.504 e. The van der Waals surface area contributed by atoms with Crippen LogP contribution in [0.3, 0.4) is 0 Å². The first kappa shape index (κ1) is 16.9. The van der Waals surface area contributed by atoms with Gasteiger partial charge in [0.15, 0.2) is 5.75 Å². The predicted molar refractivity (Wildman–Crippen MR) is 92.1 cm³/mol. The van der Waals surface area contributed by atoms with Crippen LogP contribution in [0.25, 0.3) is 11.0 Å². The van der Waals surface area contributed by atoms with Crippen LogP contribution in [0.5, 0.6) is 11.5 Å². The van der Waals surface area contributed by atoms with Gasteiger partial charge in [-0.05, 0) is 51.8 Å². The van der Waals surface area contributed by atoms with Crippen molar-refractivity contribution in [1.82, 2.24) is 0 Å². The van der Waals surface area contributed by atoms with Crippen molar-refractivity contribution in [3.05, 3.63) is 58.0 Å². The third-order valence-corrected chi connectivity index (χ3v) is 3.50. The summed E-state index contributed by atoms with van der Waals surface area (Å²) in [6.07, 6.45) is 6.01. The average molecular weight is 314 g/mol. The molecule has 0 radical (unpaired) electrons. The number of hydrogen-bond acceptors (Lipinski definition) is 4. The molecule has 0 amide bonds. The van der Waals surface area contributed by atoms with Crippen molar-refractivity contribution in [3.8, 4) is 11.5 Å². The molecule has 23 heavy (non-hydrogen) atoms. The molecule has 0 aliphatic rings. The van der Waals surface area contributed by atoms with E-state index in [9.17, 15) is 9.90 Å². The summed E-state index contributed by atoms with van der Waals surface area (Å²) in [6.45, 7) is 6.39. The zero-order chi connectivity index (χ0) is 16.8. The van der Waals surface area contributed by atoms with E-state index in [1.807, 2.05) is 13.0 Å². The average Bonchev–Trinajstić information content (AvgIpc) is 2.50. The lowest BCUT2D eigenvalue weighted by molar-refractivity contribution is 0.317. The van der Waals surface area contributed by atoms with Crippen molar-refractivity contribution in [2.45, 2.75) is 33.6 Å². The minimum Gasteiger partial charge on any atom is -0.504 e. The van der Waals surface area contributed by atoms with Crippen LogP contribution in [-0.2, 0) is 0 Å². The van der Waals surface area contributed by atoms with E-state index in [0.29, 0.717) is 11.0 Å². The lowest BCUT2D eigenvalue weighted by Crippen LogP contribution is -2.07. The van der Waals surface area contributed by atoms with Gasteiger partial charge in [0.25, 0.3) is 0 Å². The maximum atomic E-state index is 11.9. The molecule has 0 atom stereocenters. The molecule has 1 N–H and O–H groups in total. The Bertz CT molecular complexity index is 793. The summed E-state index contributed by atoms with van der Waals surface area (Å²) in [5, 5.41) is 10.6. The van der Waals surface area contributed by atoms with E-state index in [4.69, 9.17) is 9.15 Å². The van der Waals surface area contributed by atoms with Crippen molar-refractivity contribution >= 4 is 11.0 Å². The van der Waals surface area contributed by atoms with Crippen LogP contribution in [0, 0.1) is 0 Å². The van der Waals surface area contributed by atoms with Crippen LogP contribution in [0.15, 0.2) is 56.8 Å². The highest BCUT2D eigenvalue weighted by atomic mass is 16.5. The number of benzene rings is 1. The molecule has 0 saturated heterocycles. The minimum atomic E-state index is -0.670. The van der Waals surface area contributed by atoms with Crippen LogP contribution < -0.4 is 10.4 Å². The van der Waals surface area contributed by atoms with Crippen LogP contribution in [0.4, 0.5) is 0 Å². The molecule has 1 aromatic heterocycles. The van der Waals surface area contributed by atoms with Gasteiger partial charge in [0.1, 0.15) is 12.2 Å². The predicted octanol–water partition coefficient (Wildman–Crippen LogP) is 4.57. The molecule has 0 bridgehead atoms. The fourth-order valence-corrected chi connectivity index (χ4v) is 2.20. The molecule has 1 aromatic carbocycles. The fourth-order valence-electron chi connectivity index (χ4n) is 2.20. The van der Waals surface area contributed by atoms with E-state index in [-0.39, 0.29) is 18.1 Å². The van der Waals surface area contributed by atoms with Gasteiger partial charge in [-0.3, -0.25) is 0 Å². The number of rotatable bonds is 6. The Morgan fingerprint density at radius 1 is 1.22 bits per heavy atom. The second kappa shape index (κ2) is 7.68.